The van der Waals surface area contributed by atoms with E-state index in [4.69, 9.17) is 0 Å². The van der Waals surface area contributed by atoms with Crippen molar-refractivity contribution in [3.05, 3.63) is 58.3 Å². The summed E-state index contributed by atoms with van der Waals surface area (Å²) in [4.78, 5) is 10.6. The number of thiophene rings is 1. The van der Waals surface area contributed by atoms with Crippen LogP contribution in [0.2, 0.25) is 0 Å². The van der Waals surface area contributed by atoms with E-state index in [1.165, 1.54) is 10.4 Å². The Balaban J connectivity index is 1.44. The fourth-order valence-corrected chi connectivity index (χ4v) is 4.60. The van der Waals surface area contributed by atoms with Gasteiger partial charge in [0, 0.05) is 44.1 Å². The summed E-state index contributed by atoms with van der Waals surface area (Å²) in [5, 5.41) is 9.30. The van der Waals surface area contributed by atoms with Crippen LogP contribution < -0.4 is 10.6 Å². The second-order valence-corrected chi connectivity index (χ2v) is 8.61. The van der Waals surface area contributed by atoms with Crippen molar-refractivity contribution in [2.45, 2.75) is 31.5 Å². The summed E-state index contributed by atoms with van der Waals surface area (Å²) in [5.41, 5.74) is 1.40. The zero-order valence-corrected chi connectivity index (χ0v) is 18.1. The number of likely N-dealkylation sites (N-methyl/N-ethyl adjacent to an activating group) is 1. The maximum atomic E-state index is 4.45. The Morgan fingerprint density at radius 2 is 1.93 bits per heavy atom. The van der Waals surface area contributed by atoms with Crippen LogP contribution in [0.1, 0.15) is 29.3 Å². The molecule has 2 N–H and O–H groups in total. The first-order valence-electron chi connectivity index (χ1n) is 10.1. The van der Waals surface area contributed by atoms with E-state index in [-0.39, 0.29) is 0 Å². The molecule has 5 nitrogen and oxygen atoms in total. The Morgan fingerprint density at radius 1 is 1.18 bits per heavy atom. The van der Waals surface area contributed by atoms with E-state index < -0.39 is 0 Å². The number of guanidine groups is 1. The van der Waals surface area contributed by atoms with Crippen molar-refractivity contribution in [3.63, 3.8) is 0 Å². The molecule has 0 aliphatic carbocycles. The third kappa shape index (κ3) is 6.06. The summed E-state index contributed by atoms with van der Waals surface area (Å²) < 4.78 is 0. The molecule has 1 atom stereocenters. The molecule has 1 aliphatic rings. The fourth-order valence-electron chi connectivity index (χ4n) is 3.68. The highest BCUT2D eigenvalue weighted by molar-refractivity contribution is 7.10. The fraction of sp³-hybridized carbons (Fsp3) is 0.500. The van der Waals surface area contributed by atoms with E-state index in [0.717, 1.165) is 45.0 Å². The molecular weight excluding hydrogens is 366 g/mol. The number of hydrogen-bond acceptors (Lipinski definition) is 4. The minimum absolute atomic E-state index is 0.353. The smallest absolute Gasteiger partial charge is 0.191 e. The van der Waals surface area contributed by atoms with Gasteiger partial charge >= 0.3 is 0 Å². The number of nitrogens with zero attached hydrogens (tertiary/aromatic N) is 3. The molecule has 0 amide bonds. The van der Waals surface area contributed by atoms with Gasteiger partial charge in [-0.1, -0.05) is 36.4 Å². The SMILES string of the molecule is CN=C(NCC(c1cccs1)N(C)C)NC1CCN(Cc2ccccc2)CC1. The van der Waals surface area contributed by atoms with Crippen LogP contribution in [0.15, 0.2) is 52.8 Å². The minimum Gasteiger partial charge on any atom is -0.354 e. The lowest BCUT2D eigenvalue weighted by atomic mass is 10.0. The van der Waals surface area contributed by atoms with Gasteiger partial charge in [0.05, 0.1) is 6.04 Å². The molecule has 6 heteroatoms. The molecule has 1 unspecified atom stereocenters. The van der Waals surface area contributed by atoms with Gasteiger partial charge in [0.15, 0.2) is 5.96 Å². The molecule has 152 valence electrons. The molecule has 3 rings (SSSR count). The van der Waals surface area contributed by atoms with E-state index in [0.29, 0.717) is 12.1 Å². The van der Waals surface area contributed by atoms with E-state index in [9.17, 15) is 0 Å². The van der Waals surface area contributed by atoms with Gasteiger partial charge in [-0.25, -0.2) is 0 Å². The zero-order chi connectivity index (χ0) is 19.8. The molecule has 2 aromatic rings. The van der Waals surface area contributed by atoms with Crippen molar-refractivity contribution in [1.82, 2.24) is 20.4 Å². The molecule has 1 aromatic heterocycles. The van der Waals surface area contributed by atoms with Crippen LogP contribution in [0.25, 0.3) is 0 Å². The van der Waals surface area contributed by atoms with Gasteiger partial charge in [-0.05, 0) is 43.9 Å². The van der Waals surface area contributed by atoms with Crippen molar-refractivity contribution in [2.24, 2.45) is 4.99 Å². The van der Waals surface area contributed by atoms with Crippen molar-refractivity contribution < 1.29 is 0 Å². The number of aliphatic imine (C=N–C) groups is 1. The van der Waals surface area contributed by atoms with Gasteiger partial charge in [0.2, 0.25) is 0 Å². The number of piperidine rings is 1. The van der Waals surface area contributed by atoms with Crippen LogP contribution in [0.5, 0.6) is 0 Å². The Hall–Kier alpha value is -1.89. The average molecular weight is 400 g/mol. The molecule has 2 heterocycles. The Morgan fingerprint density at radius 3 is 2.54 bits per heavy atom. The lowest BCUT2D eigenvalue weighted by molar-refractivity contribution is 0.198. The zero-order valence-electron chi connectivity index (χ0n) is 17.3. The van der Waals surface area contributed by atoms with E-state index in [1.54, 1.807) is 0 Å². The van der Waals surface area contributed by atoms with E-state index >= 15 is 0 Å². The second kappa shape index (κ2) is 10.6. The molecule has 1 fully saturated rings. The van der Waals surface area contributed by atoms with Crippen LogP contribution in [-0.2, 0) is 6.54 Å². The van der Waals surface area contributed by atoms with Gasteiger partial charge in [0.25, 0.3) is 0 Å². The lowest BCUT2D eigenvalue weighted by Crippen LogP contribution is -2.49. The maximum Gasteiger partial charge on any atom is 0.191 e. The van der Waals surface area contributed by atoms with E-state index in [1.807, 2.05) is 18.4 Å². The van der Waals surface area contributed by atoms with Crippen molar-refractivity contribution in [2.75, 3.05) is 40.8 Å². The number of nitrogens with one attached hydrogen (secondary N) is 2. The van der Waals surface area contributed by atoms with E-state index in [2.05, 4.69) is 87.4 Å². The molecule has 1 aromatic carbocycles. The molecule has 28 heavy (non-hydrogen) atoms. The third-order valence-electron chi connectivity index (χ3n) is 5.36. The molecule has 1 aliphatic heterocycles. The first kappa shape index (κ1) is 20.8. The topological polar surface area (TPSA) is 42.9 Å². The normalized spacial score (nSPS) is 17.6. The standard InChI is InChI=1S/C22H33N5S/c1-23-22(24-16-20(26(2)3)21-10-7-15-28-21)25-19-11-13-27(14-12-19)17-18-8-5-4-6-9-18/h4-10,15,19-20H,11-14,16-17H2,1-3H3,(H2,23,24,25). The van der Waals surface area contributed by atoms with Gasteiger partial charge in [0.1, 0.15) is 0 Å². The minimum atomic E-state index is 0.353. The average Bonchev–Trinajstić information content (AvgIpc) is 3.23. The first-order valence-corrected chi connectivity index (χ1v) is 11.0. The number of hydrogen-bond donors (Lipinski definition) is 2. The third-order valence-corrected chi connectivity index (χ3v) is 6.33. The Bertz CT molecular complexity index is 706. The quantitative estimate of drug-likeness (QED) is 0.554. The Labute approximate surface area is 173 Å². The van der Waals surface area contributed by atoms with Gasteiger partial charge < -0.3 is 15.5 Å². The van der Waals surface area contributed by atoms with Crippen LogP contribution in [0, 0.1) is 0 Å². The lowest BCUT2D eigenvalue weighted by Gasteiger charge is -2.33. The molecule has 0 saturated carbocycles. The highest BCUT2D eigenvalue weighted by atomic mass is 32.1. The summed E-state index contributed by atoms with van der Waals surface area (Å²) >= 11 is 1.81. The Kier molecular flexibility index (Phi) is 7.89. The highest BCUT2D eigenvalue weighted by Gasteiger charge is 2.21. The van der Waals surface area contributed by atoms with Gasteiger partial charge in [-0.3, -0.25) is 9.89 Å². The van der Waals surface area contributed by atoms with Crippen LogP contribution in [0.3, 0.4) is 0 Å². The van der Waals surface area contributed by atoms with Crippen LogP contribution in [-0.4, -0.2) is 62.6 Å². The monoisotopic (exact) mass is 399 g/mol. The molecule has 0 radical (unpaired) electrons. The van der Waals surface area contributed by atoms with Crippen molar-refractivity contribution >= 4 is 17.3 Å². The highest BCUT2D eigenvalue weighted by Crippen LogP contribution is 2.22. The van der Waals surface area contributed by atoms with Crippen molar-refractivity contribution in [1.29, 1.82) is 0 Å². The van der Waals surface area contributed by atoms with Crippen molar-refractivity contribution in [3.8, 4) is 0 Å². The summed E-state index contributed by atoms with van der Waals surface area (Å²) in [6.07, 6.45) is 2.30. The molecule has 0 spiro atoms. The predicted molar refractivity (Wildman–Crippen MR) is 120 cm³/mol. The predicted octanol–water partition coefficient (Wildman–Crippen LogP) is 3.18. The second-order valence-electron chi connectivity index (χ2n) is 7.63. The van der Waals surface area contributed by atoms with Crippen LogP contribution in [0.4, 0.5) is 0 Å². The number of benzene rings is 1. The number of rotatable bonds is 7. The summed E-state index contributed by atoms with van der Waals surface area (Å²) in [6, 6.07) is 15.9. The first-order chi connectivity index (χ1) is 13.7. The maximum absolute atomic E-state index is 4.45. The number of likely N-dealkylation sites (tertiary alicyclic amines) is 1. The molecular formula is C22H33N5S. The van der Waals surface area contributed by atoms with Gasteiger partial charge in [-0.15, -0.1) is 11.3 Å². The largest absolute Gasteiger partial charge is 0.354 e. The van der Waals surface area contributed by atoms with Crippen LogP contribution >= 0.6 is 11.3 Å². The molecule has 1 saturated heterocycles. The summed E-state index contributed by atoms with van der Waals surface area (Å²) in [7, 11) is 6.12. The van der Waals surface area contributed by atoms with Gasteiger partial charge in [-0.2, -0.15) is 0 Å². The summed E-state index contributed by atoms with van der Waals surface area (Å²) in [6.45, 7) is 4.14. The summed E-state index contributed by atoms with van der Waals surface area (Å²) in [5.74, 6) is 0.907. The molecule has 0 bridgehead atoms.